The van der Waals surface area contributed by atoms with Crippen LogP contribution in [-0.4, -0.2) is 24.2 Å². The molecule has 0 heterocycles. The topological polar surface area (TPSA) is 35.5 Å². The second-order valence-corrected chi connectivity index (χ2v) is 5.67. The van der Waals surface area contributed by atoms with Gasteiger partial charge in [-0.3, -0.25) is 0 Å². The van der Waals surface area contributed by atoms with Crippen molar-refractivity contribution in [2.24, 2.45) is 0 Å². The Morgan fingerprint density at radius 3 is 2.32 bits per heavy atom. The van der Waals surface area contributed by atoms with Gasteiger partial charge >= 0.3 is 6.16 Å². The summed E-state index contributed by atoms with van der Waals surface area (Å²) in [6.45, 7) is 4.71. The standard InChI is InChI=1S/C15H29BrO3/c1-3-5-6-7-8-9-11-14(10-4-2)19-15(17)18-13-12-16/h14H,3-13H2,1-2H3. The summed E-state index contributed by atoms with van der Waals surface area (Å²) in [5.74, 6) is 0. The summed E-state index contributed by atoms with van der Waals surface area (Å²) < 4.78 is 10.3. The molecule has 0 radical (unpaired) electrons. The molecule has 19 heavy (non-hydrogen) atoms. The molecule has 0 saturated heterocycles. The van der Waals surface area contributed by atoms with Crippen LogP contribution >= 0.6 is 15.9 Å². The summed E-state index contributed by atoms with van der Waals surface area (Å²) in [5, 5.41) is 0.651. The van der Waals surface area contributed by atoms with Gasteiger partial charge in [-0.15, -0.1) is 0 Å². The highest BCUT2D eigenvalue weighted by atomic mass is 79.9. The Morgan fingerprint density at radius 1 is 1.00 bits per heavy atom. The minimum Gasteiger partial charge on any atom is -0.433 e. The lowest BCUT2D eigenvalue weighted by molar-refractivity contribution is 0.0202. The van der Waals surface area contributed by atoms with Crippen LogP contribution in [0.1, 0.15) is 71.6 Å². The highest BCUT2D eigenvalue weighted by molar-refractivity contribution is 9.09. The highest BCUT2D eigenvalue weighted by Crippen LogP contribution is 2.14. The third-order valence-electron chi connectivity index (χ3n) is 3.05. The van der Waals surface area contributed by atoms with Gasteiger partial charge in [0.2, 0.25) is 0 Å². The molecule has 0 spiro atoms. The van der Waals surface area contributed by atoms with E-state index in [2.05, 4.69) is 29.8 Å². The maximum absolute atomic E-state index is 11.4. The summed E-state index contributed by atoms with van der Waals surface area (Å²) in [7, 11) is 0. The maximum atomic E-state index is 11.4. The van der Waals surface area contributed by atoms with Crippen LogP contribution in [-0.2, 0) is 9.47 Å². The van der Waals surface area contributed by atoms with E-state index in [1.54, 1.807) is 0 Å². The first-order chi connectivity index (χ1) is 9.24. The molecule has 0 aliphatic rings. The average Bonchev–Trinajstić information content (AvgIpc) is 2.40. The van der Waals surface area contributed by atoms with Crippen LogP contribution < -0.4 is 0 Å². The molecule has 3 nitrogen and oxygen atoms in total. The van der Waals surface area contributed by atoms with Crippen LogP contribution in [0.3, 0.4) is 0 Å². The summed E-state index contributed by atoms with van der Waals surface area (Å²) in [5.41, 5.74) is 0. The van der Waals surface area contributed by atoms with Gasteiger partial charge in [0.05, 0.1) is 0 Å². The van der Waals surface area contributed by atoms with Crippen LogP contribution in [0.5, 0.6) is 0 Å². The van der Waals surface area contributed by atoms with Crippen LogP contribution in [0.4, 0.5) is 4.79 Å². The Morgan fingerprint density at radius 2 is 1.68 bits per heavy atom. The van der Waals surface area contributed by atoms with Gasteiger partial charge in [0.25, 0.3) is 0 Å². The minimum absolute atomic E-state index is 0.0269. The number of ether oxygens (including phenoxy) is 2. The molecule has 114 valence electrons. The molecule has 0 aliphatic carbocycles. The summed E-state index contributed by atoms with van der Waals surface area (Å²) in [6.07, 6.45) is 10.0. The van der Waals surface area contributed by atoms with Crippen molar-refractivity contribution in [1.82, 2.24) is 0 Å². The molecule has 0 amide bonds. The first kappa shape index (κ1) is 18.8. The molecule has 0 rings (SSSR count). The van der Waals surface area contributed by atoms with E-state index in [9.17, 15) is 4.79 Å². The zero-order valence-electron chi connectivity index (χ0n) is 12.5. The number of unbranched alkanes of at least 4 members (excludes halogenated alkanes) is 5. The van der Waals surface area contributed by atoms with Gasteiger partial charge in [-0.05, 0) is 19.3 Å². The van der Waals surface area contributed by atoms with Crippen molar-refractivity contribution < 1.29 is 14.3 Å². The van der Waals surface area contributed by atoms with Gasteiger partial charge < -0.3 is 9.47 Å². The van der Waals surface area contributed by atoms with E-state index in [4.69, 9.17) is 9.47 Å². The quantitative estimate of drug-likeness (QED) is 0.270. The van der Waals surface area contributed by atoms with E-state index in [1.807, 2.05) is 0 Å². The number of hydrogen-bond acceptors (Lipinski definition) is 3. The zero-order chi connectivity index (χ0) is 14.3. The third kappa shape index (κ3) is 12.5. The maximum Gasteiger partial charge on any atom is 0.508 e. The first-order valence-electron chi connectivity index (χ1n) is 7.63. The van der Waals surface area contributed by atoms with Crippen LogP contribution in [0.2, 0.25) is 0 Å². The van der Waals surface area contributed by atoms with Crippen molar-refractivity contribution in [2.75, 3.05) is 11.9 Å². The van der Waals surface area contributed by atoms with Crippen molar-refractivity contribution in [1.29, 1.82) is 0 Å². The van der Waals surface area contributed by atoms with Gasteiger partial charge in [0, 0.05) is 5.33 Å². The molecule has 0 fully saturated rings. The lowest BCUT2D eigenvalue weighted by atomic mass is 10.0. The summed E-state index contributed by atoms with van der Waals surface area (Å²) in [4.78, 5) is 11.4. The average molecular weight is 337 g/mol. The van der Waals surface area contributed by atoms with Crippen molar-refractivity contribution >= 4 is 22.1 Å². The number of alkyl halides is 1. The fourth-order valence-electron chi connectivity index (χ4n) is 2.03. The molecule has 0 aliphatic heterocycles. The molecule has 0 N–H and O–H groups in total. The van der Waals surface area contributed by atoms with Crippen LogP contribution in [0.25, 0.3) is 0 Å². The fraction of sp³-hybridized carbons (Fsp3) is 0.933. The molecular formula is C15H29BrO3. The van der Waals surface area contributed by atoms with E-state index >= 15 is 0 Å². The molecule has 0 saturated carbocycles. The van der Waals surface area contributed by atoms with E-state index < -0.39 is 6.16 Å². The predicted molar refractivity (Wildman–Crippen MR) is 82.9 cm³/mol. The Labute approximate surface area is 126 Å². The normalized spacial score (nSPS) is 12.2. The first-order valence-corrected chi connectivity index (χ1v) is 8.76. The smallest absolute Gasteiger partial charge is 0.433 e. The van der Waals surface area contributed by atoms with Gasteiger partial charge in [-0.1, -0.05) is 68.3 Å². The lowest BCUT2D eigenvalue weighted by Crippen LogP contribution is -2.19. The highest BCUT2D eigenvalue weighted by Gasteiger charge is 2.14. The SMILES string of the molecule is CCCCCCCCC(CCC)OC(=O)OCCBr. The monoisotopic (exact) mass is 336 g/mol. The summed E-state index contributed by atoms with van der Waals surface area (Å²) in [6, 6.07) is 0. The van der Waals surface area contributed by atoms with Crippen molar-refractivity contribution in [3.05, 3.63) is 0 Å². The second kappa shape index (κ2) is 14.2. The van der Waals surface area contributed by atoms with Gasteiger partial charge in [-0.2, -0.15) is 0 Å². The second-order valence-electron chi connectivity index (χ2n) is 4.87. The number of rotatable bonds is 12. The Kier molecular flexibility index (Phi) is 14.0. The van der Waals surface area contributed by atoms with E-state index in [1.165, 1.54) is 32.1 Å². The largest absolute Gasteiger partial charge is 0.508 e. The Balaban J connectivity index is 3.69. The van der Waals surface area contributed by atoms with Crippen LogP contribution in [0, 0.1) is 0 Å². The Hall–Kier alpha value is -0.250. The molecule has 1 unspecified atom stereocenters. The van der Waals surface area contributed by atoms with Crippen molar-refractivity contribution in [3.63, 3.8) is 0 Å². The van der Waals surface area contributed by atoms with E-state index in [0.29, 0.717) is 11.9 Å². The Bertz CT molecular complexity index is 210. The van der Waals surface area contributed by atoms with Gasteiger partial charge in [0.15, 0.2) is 0 Å². The number of carbonyl (C=O) groups is 1. The molecule has 4 heteroatoms. The summed E-state index contributed by atoms with van der Waals surface area (Å²) >= 11 is 3.21. The van der Waals surface area contributed by atoms with E-state index in [0.717, 1.165) is 25.7 Å². The predicted octanol–water partition coefficient (Wildman–Crippen LogP) is 5.45. The van der Waals surface area contributed by atoms with Crippen molar-refractivity contribution in [2.45, 2.75) is 77.7 Å². The molecule has 1 atom stereocenters. The molecule has 0 aromatic carbocycles. The van der Waals surface area contributed by atoms with Gasteiger partial charge in [0.1, 0.15) is 12.7 Å². The minimum atomic E-state index is -0.524. The van der Waals surface area contributed by atoms with E-state index in [-0.39, 0.29) is 6.10 Å². The molecule has 0 aromatic heterocycles. The third-order valence-corrected chi connectivity index (χ3v) is 3.37. The lowest BCUT2D eigenvalue weighted by Gasteiger charge is -2.16. The van der Waals surface area contributed by atoms with Crippen molar-refractivity contribution in [3.8, 4) is 0 Å². The number of hydrogen-bond donors (Lipinski definition) is 0. The molecule has 0 aromatic rings. The number of halogens is 1. The zero-order valence-corrected chi connectivity index (χ0v) is 14.0. The van der Waals surface area contributed by atoms with Crippen LogP contribution in [0.15, 0.2) is 0 Å². The molecule has 0 bridgehead atoms. The number of carbonyl (C=O) groups excluding carboxylic acids is 1. The molecular weight excluding hydrogens is 308 g/mol. The van der Waals surface area contributed by atoms with Gasteiger partial charge in [-0.25, -0.2) is 4.79 Å². The fourth-order valence-corrected chi connectivity index (χ4v) is 2.19.